The normalized spacial score (nSPS) is 10.9. The molecule has 4 aromatic carbocycles. The van der Waals surface area contributed by atoms with Gasteiger partial charge in [0.15, 0.2) is 0 Å². The van der Waals surface area contributed by atoms with Crippen molar-refractivity contribution in [3.63, 3.8) is 0 Å². The molecule has 0 aliphatic heterocycles. The Morgan fingerprint density at radius 3 is 2.29 bits per heavy atom. The largest absolute Gasteiger partial charge is 0.489 e. The van der Waals surface area contributed by atoms with Crippen molar-refractivity contribution in [1.82, 2.24) is 4.37 Å². The molecular weight excluding hydrogens is 440 g/mol. The van der Waals surface area contributed by atoms with Crippen molar-refractivity contribution in [3.8, 4) is 11.5 Å². The van der Waals surface area contributed by atoms with Crippen LogP contribution in [0.3, 0.4) is 0 Å². The average molecular weight is 467 g/mol. The van der Waals surface area contributed by atoms with Gasteiger partial charge in [0.25, 0.3) is 0 Å². The van der Waals surface area contributed by atoms with E-state index in [1.54, 1.807) is 0 Å². The van der Waals surface area contributed by atoms with Crippen LogP contribution in [-0.2, 0) is 19.8 Å². The zero-order valence-electron chi connectivity index (χ0n) is 19.0. The zero-order valence-corrected chi connectivity index (χ0v) is 19.8. The fourth-order valence-corrected chi connectivity index (χ4v) is 4.43. The van der Waals surface area contributed by atoms with Gasteiger partial charge in [-0.1, -0.05) is 66.7 Å². The summed E-state index contributed by atoms with van der Waals surface area (Å²) < 4.78 is 17.7. The molecule has 0 saturated heterocycles. The van der Waals surface area contributed by atoms with Crippen LogP contribution in [0.2, 0.25) is 0 Å². The predicted octanol–water partition coefficient (Wildman–Crippen LogP) is 7.37. The summed E-state index contributed by atoms with van der Waals surface area (Å²) in [4.78, 5) is 0. The fraction of sp³-hybridized carbons (Fsp3) is 0.138. The second-order valence-corrected chi connectivity index (χ2v) is 8.98. The molecule has 0 radical (unpaired) electrons. The molecule has 170 valence electrons. The lowest BCUT2D eigenvalue weighted by Crippen LogP contribution is -2.01. The van der Waals surface area contributed by atoms with Gasteiger partial charge in [-0.05, 0) is 71.0 Å². The lowest BCUT2D eigenvalue weighted by atomic mass is 10.1. The van der Waals surface area contributed by atoms with Gasteiger partial charge in [-0.15, -0.1) is 0 Å². The van der Waals surface area contributed by atoms with Crippen LogP contribution >= 0.6 is 11.5 Å². The minimum absolute atomic E-state index is 0.547. The van der Waals surface area contributed by atoms with Gasteiger partial charge in [-0.2, -0.15) is 4.37 Å². The van der Waals surface area contributed by atoms with Gasteiger partial charge in [0.1, 0.15) is 30.5 Å². The number of anilines is 1. The summed E-state index contributed by atoms with van der Waals surface area (Å²) in [6, 6.07) is 32.8. The van der Waals surface area contributed by atoms with E-state index in [1.807, 2.05) is 48.5 Å². The van der Waals surface area contributed by atoms with E-state index in [2.05, 4.69) is 65.1 Å². The van der Waals surface area contributed by atoms with Gasteiger partial charge >= 0.3 is 0 Å². The third-order valence-corrected chi connectivity index (χ3v) is 6.56. The molecule has 0 bridgehead atoms. The summed E-state index contributed by atoms with van der Waals surface area (Å²) in [7, 11) is 0. The number of fused-ring (bicyclic) bond motifs is 1. The third kappa shape index (κ3) is 5.38. The van der Waals surface area contributed by atoms with Gasteiger partial charge in [0, 0.05) is 11.9 Å². The van der Waals surface area contributed by atoms with Crippen molar-refractivity contribution in [2.24, 2.45) is 0 Å². The van der Waals surface area contributed by atoms with E-state index in [0.29, 0.717) is 19.8 Å². The molecule has 0 aliphatic carbocycles. The summed E-state index contributed by atoms with van der Waals surface area (Å²) in [5.74, 6) is 2.59. The standard InChI is InChI=1S/C29H26N2O2S/c1-21-7-5-6-10-24(21)20-33-25-13-11-22(12-14-25)18-30-29-27-17-26(15-16-28(27)34-31-29)32-19-23-8-3-2-4-9-23/h2-17H,18-20H2,1H3,(H,30,31). The molecular formula is C29H26N2O2S. The summed E-state index contributed by atoms with van der Waals surface area (Å²) >= 11 is 1.49. The minimum Gasteiger partial charge on any atom is -0.489 e. The monoisotopic (exact) mass is 466 g/mol. The molecule has 1 heterocycles. The zero-order chi connectivity index (χ0) is 23.2. The Morgan fingerprint density at radius 1 is 0.735 bits per heavy atom. The maximum atomic E-state index is 6.00. The molecule has 0 amide bonds. The Bertz CT molecular complexity index is 1360. The van der Waals surface area contributed by atoms with Gasteiger partial charge < -0.3 is 14.8 Å². The number of benzene rings is 4. The SMILES string of the molecule is Cc1ccccc1COc1ccc(CNc2nsc3ccc(OCc4ccccc4)cc23)cc1. The van der Waals surface area contributed by atoms with Crippen molar-refractivity contribution >= 4 is 27.4 Å². The number of rotatable bonds is 9. The highest BCUT2D eigenvalue weighted by Crippen LogP contribution is 2.31. The van der Waals surface area contributed by atoms with E-state index in [9.17, 15) is 0 Å². The van der Waals surface area contributed by atoms with E-state index < -0.39 is 0 Å². The number of hydrogen-bond donors (Lipinski definition) is 1. The minimum atomic E-state index is 0.547. The van der Waals surface area contributed by atoms with Crippen LogP contribution < -0.4 is 14.8 Å². The Morgan fingerprint density at radius 2 is 1.47 bits per heavy atom. The van der Waals surface area contributed by atoms with Crippen LogP contribution in [0.1, 0.15) is 22.3 Å². The molecule has 5 aromatic rings. The van der Waals surface area contributed by atoms with Gasteiger partial charge in [0.2, 0.25) is 0 Å². The molecule has 4 nitrogen and oxygen atoms in total. The van der Waals surface area contributed by atoms with Crippen LogP contribution in [0.4, 0.5) is 5.82 Å². The maximum absolute atomic E-state index is 6.00. The smallest absolute Gasteiger partial charge is 0.147 e. The molecule has 1 N–H and O–H groups in total. The molecule has 5 heteroatoms. The summed E-state index contributed by atoms with van der Waals surface area (Å²) in [5, 5.41) is 4.55. The highest BCUT2D eigenvalue weighted by Gasteiger charge is 2.08. The predicted molar refractivity (Wildman–Crippen MR) is 140 cm³/mol. The summed E-state index contributed by atoms with van der Waals surface area (Å²) in [6.07, 6.45) is 0. The number of nitrogens with one attached hydrogen (secondary N) is 1. The van der Waals surface area contributed by atoms with E-state index in [4.69, 9.17) is 9.47 Å². The van der Waals surface area contributed by atoms with E-state index >= 15 is 0 Å². The second-order valence-electron chi connectivity index (χ2n) is 8.18. The van der Waals surface area contributed by atoms with Crippen LogP contribution in [0.15, 0.2) is 97.1 Å². The van der Waals surface area contributed by atoms with Crippen molar-refractivity contribution in [2.45, 2.75) is 26.7 Å². The van der Waals surface area contributed by atoms with Crippen LogP contribution in [-0.4, -0.2) is 4.37 Å². The van der Waals surface area contributed by atoms with E-state index in [0.717, 1.165) is 33.0 Å². The van der Waals surface area contributed by atoms with Crippen LogP contribution in [0, 0.1) is 6.92 Å². The lowest BCUT2D eigenvalue weighted by Gasteiger charge is -2.10. The Kier molecular flexibility index (Phi) is 6.73. The van der Waals surface area contributed by atoms with E-state index in [-0.39, 0.29) is 0 Å². The number of nitrogens with zero attached hydrogens (tertiary/aromatic N) is 1. The molecule has 1 aromatic heterocycles. The van der Waals surface area contributed by atoms with Crippen LogP contribution in [0.5, 0.6) is 11.5 Å². The van der Waals surface area contributed by atoms with Crippen molar-refractivity contribution < 1.29 is 9.47 Å². The first-order valence-corrected chi connectivity index (χ1v) is 12.1. The topological polar surface area (TPSA) is 43.4 Å². The summed E-state index contributed by atoms with van der Waals surface area (Å²) in [6.45, 7) is 3.91. The highest BCUT2D eigenvalue weighted by atomic mass is 32.1. The lowest BCUT2D eigenvalue weighted by molar-refractivity contribution is 0.305. The van der Waals surface area contributed by atoms with Crippen LogP contribution in [0.25, 0.3) is 10.1 Å². The second kappa shape index (κ2) is 10.4. The third-order valence-electron chi connectivity index (χ3n) is 5.73. The molecule has 0 atom stereocenters. The maximum Gasteiger partial charge on any atom is 0.147 e. The molecule has 0 fully saturated rings. The first kappa shape index (κ1) is 22.0. The van der Waals surface area contributed by atoms with E-state index in [1.165, 1.54) is 28.2 Å². The molecule has 0 saturated carbocycles. The first-order chi connectivity index (χ1) is 16.7. The highest BCUT2D eigenvalue weighted by molar-refractivity contribution is 7.13. The molecule has 5 rings (SSSR count). The Labute approximate surface area is 204 Å². The van der Waals surface area contributed by atoms with Gasteiger partial charge in [0.05, 0.1) is 4.70 Å². The number of aryl methyl sites for hydroxylation is 1. The fourth-order valence-electron chi connectivity index (χ4n) is 3.70. The number of hydrogen-bond acceptors (Lipinski definition) is 5. The van der Waals surface area contributed by atoms with Gasteiger partial charge in [-0.3, -0.25) is 0 Å². The molecule has 0 spiro atoms. The molecule has 0 unspecified atom stereocenters. The number of aromatic nitrogens is 1. The quantitative estimate of drug-likeness (QED) is 0.246. The Hall–Kier alpha value is -3.83. The first-order valence-electron chi connectivity index (χ1n) is 11.3. The molecule has 34 heavy (non-hydrogen) atoms. The molecule has 0 aliphatic rings. The van der Waals surface area contributed by atoms with Gasteiger partial charge in [-0.25, -0.2) is 0 Å². The number of ether oxygens (including phenoxy) is 2. The summed E-state index contributed by atoms with van der Waals surface area (Å²) in [5.41, 5.74) is 4.76. The Balaban J connectivity index is 1.19. The van der Waals surface area contributed by atoms with Crippen molar-refractivity contribution in [2.75, 3.05) is 5.32 Å². The van der Waals surface area contributed by atoms with Crippen molar-refractivity contribution in [3.05, 3.63) is 119 Å². The van der Waals surface area contributed by atoms with Crippen molar-refractivity contribution in [1.29, 1.82) is 0 Å². The average Bonchev–Trinajstić information content (AvgIpc) is 3.29.